The van der Waals surface area contributed by atoms with E-state index in [0.29, 0.717) is 30.9 Å². The maximum atomic E-state index is 13.5. The van der Waals surface area contributed by atoms with Gasteiger partial charge in [0.1, 0.15) is 11.8 Å². The minimum absolute atomic E-state index is 0.0424. The first kappa shape index (κ1) is 20.2. The van der Waals surface area contributed by atoms with Crippen molar-refractivity contribution < 1.29 is 18.7 Å². The molecule has 0 fully saturated rings. The highest BCUT2D eigenvalue weighted by Gasteiger charge is 2.37. The lowest BCUT2D eigenvalue weighted by atomic mass is 9.79. The number of nitrogens with one attached hydrogen (secondary N) is 2. The van der Waals surface area contributed by atoms with Crippen molar-refractivity contribution in [2.75, 3.05) is 24.4 Å². The van der Waals surface area contributed by atoms with Crippen LogP contribution >= 0.6 is 0 Å². The van der Waals surface area contributed by atoms with E-state index in [2.05, 4.69) is 10.6 Å². The van der Waals surface area contributed by atoms with Gasteiger partial charge in [-0.1, -0.05) is 18.2 Å². The predicted molar refractivity (Wildman–Crippen MR) is 123 cm³/mol. The fourth-order valence-electron chi connectivity index (χ4n) is 4.61. The number of carbonyl (C=O) groups excluding carboxylic acids is 1. The molecule has 1 aliphatic heterocycles. The molecule has 2 unspecified atom stereocenters. The smallest absolute Gasteiger partial charge is 0.163 e. The lowest BCUT2D eigenvalue weighted by molar-refractivity contribution is -0.116. The zero-order valence-corrected chi connectivity index (χ0v) is 18.2. The van der Waals surface area contributed by atoms with Crippen molar-refractivity contribution in [1.82, 2.24) is 0 Å². The van der Waals surface area contributed by atoms with Crippen LogP contribution in [0.15, 0.2) is 76.5 Å². The van der Waals surface area contributed by atoms with Gasteiger partial charge in [0.05, 0.1) is 31.4 Å². The van der Waals surface area contributed by atoms with Gasteiger partial charge in [0, 0.05) is 17.7 Å². The molecule has 2 N–H and O–H groups in total. The molecule has 1 aromatic heterocycles. The third-order valence-electron chi connectivity index (χ3n) is 6.10. The first-order chi connectivity index (χ1) is 15.7. The number of ketones is 1. The zero-order valence-electron chi connectivity index (χ0n) is 18.2. The van der Waals surface area contributed by atoms with E-state index in [0.717, 1.165) is 34.0 Å². The van der Waals surface area contributed by atoms with Crippen molar-refractivity contribution in [3.63, 3.8) is 0 Å². The van der Waals surface area contributed by atoms with Gasteiger partial charge < -0.3 is 24.5 Å². The van der Waals surface area contributed by atoms with Gasteiger partial charge in [-0.3, -0.25) is 4.79 Å². The topological polar surface area (TPSA) is 72.7 Å². The van der Waals surface area contributed by atoms with Crippen molar-refractivity contribution in [1.29, 1.82) is 0 Å². The number of carbonyl (C=O) groups is 1. The second-order valence-corrected chi connectivity index (χ2v) is 8.03. The van der Waals surface area contributed by atoms with Crippen LogP contribution in [0.4, 0.5) is 11.4 Å². The SMILES string of the molecule is CCOc1ccc(C2CC(=O)C3=C(C2)Nc2ccccc2NC3c2ccco2)cc1OC. The molecule has 5 rings (SSSR count). The fraction of sp³-hybridized carbons (Fsp3) is 0.269. The molecule has 2 aliphatic rings. The average Bonchev–Trinajstić information content (AvgIpc) is 3.28. The van der Waals surface area contributed by atoms with Gasteiger partial charge in [0.15, 0.2) is 17.3 Å². The molecule has 0 saturated heterocycles. The van der Waals surface area contributed by atoms with Crippen LogP contribution in [0.5, 0.6) is 11.5 Å². The van der Waals surface area contributed by atoms with Crippen molar-refractivity contribution in [3.05, 3.63) is 83.5 Å². The number of allylic oxidation sites excluding steroid dienone is 1. The molecule has 32 heavy (non-hydrogen) atoms. The summed E-state index contributed by atoms with van der Waals surface area (Å²) in [5.74, 6) is 2.28. The van der Waals surface area contributed by atoms with E-state index in [-0.39, 0.29) is 17.7 Å². The lowest BCUT2D eigenvalue weighted by Gasteiger charge is -2.29. The van der Waals surface area contributed by atoms with E-state index in [4.69, 9.17) is 13.9 Å². The molecule has 1 aliphatic carbocycles. The van der Waals surface area contributed by atoms with E-state index in [1.807, 2.05) is 61.5 Å². The third kappa shape index (κ3) is 3.62. The van der Waals surface area contributed by atoms with Gasteiger partial charge >= 0.3 is 0 Å². The highest BCUT2D eigenvalue weighted by atomic mass is 16.5. The van der Waals surface area contributed by atoms with Gasteiger partial charge in [0.25, 0.3) is 0 Å². The normalized spacial score (nSPS) is 19.9. The number of para-hydroxylation sites is 2. The van der Waals surface area contributed by atoms with Crippen molar-refractivity contribution in [2.24, 2.45) is 0 Å². The maximum absolute atomic E-state index is 13.5. The number of benzene rings is 2. The molecule has 6 nitrogen and oxygen atoms in total. The Morgan fingerprint density at radius 3 is 2.62 bits per heavy atom. The summed E-state index contributed by atoms with van der Waals surface area (Å²) in [6.07, 6.45) is 2.78. The molecule has 2 atom stereocenters. The summed E-state index contributed by atoms with van der Waals surface area (Å²) in [7, 11) is 1.64. The highest BCUT2D eigenvalue weighted by Crippen LogP contribution is 2.45. The van der Waals surface area contributed by atoms with Crippen LogP contribution in [-0.4, -0.2) is 19.5 Å². The molecule has 0 amide bonds. The second kappa shape index (κ2) is 8.46. The molecule has 2 heterocycles. The number of rotatable bonds is 5. The molecule has 0 spiro atoms. The summed E-state index contributed by atoms with van der Waals surface area (Å²) in [6, 6.07) is 17.4. The Kier molecular flexibility index (Phi) is 5.35. The summed E-state index contributed by atoms with van der Waals surface area (Å²) in [6.45, 7) is 2.51. The summed E-state index contributed by atoms with van der Waals surface area (Å²) in [4.78, 5) is 13.5. The van der Waals surface area contributed by atoms with E-state index in [9.17, 15) is 4.79 Å². The van der Waals surface area contributed by atoms with E-state index < -0.39 is 0 Å². The highest BCUT2D eigenvalue weighted by molar-refractivity contribution is 6.01. The molecule has 2 aromatic carbocycles. The summed E-state index contributed by atoms with van der Waals surface area (Å²) >= 11 is 0. The van der Waals surface area contributed by atoms with Crippen LogP contribution in [-0.2, 0) is 4.79 Å². The number of methoxy groups -OCH3 is 1. The number of ether oxygens (including phenoxy) is 2. The number of hydrogen-bond donors (Lipinski definition) is 2. The first-order valence-electron chi connectivity index (χ1n) is 10.9. The van der Waals surface area contributed by atoms with Crippen LogP contribution in [0.25, 0.3) is 0 Å². The Labute approximate surface area is 187 Å². The third-order valence-corrected chi connectivity index (χ3v) is 6.10. The van der Waals surface area contributed by atoms with Gasteiger partial charge in [0.2, 0.25) is 0 Å². The Hall–Kier alpha value is -3.67. The summed E-state index contributed by atoms with van der Waals surface area (Å²) in [5, 5.41) is 7.06. The van der Waals surface area contributed by atoms with Gasteiger partial charge in [-0.15, -0.1) is 0 Å². The summed E-state index contributed by atoms with van der Waals surface area (Å²) < 4.78 is 16.9. The number of furan rings is 1. The molecule has 0 radical (unpaired) electrons. The minimum atomic E-state index is -0.334. The Bertz CT molecular complexity index is 1170. The van der Waals surface area contributed by atoms with Crippen molar-refractivity contribution >= 4 is 17.2 Å². The van der Waals surface area contributed by atoms with Crippen LogP contribution in [0.3, 0.4) is 0 Å². The molecule has 0 bridgehead atoms. The quantitative estimate of drug-likeness (QED) is 0.544. The Morgan fingerprint density at radius 1 is 1.03 bits per heavy atom. The van der Waals surface area contributed by atoms with Crippen LogP contribution < -0.4 is 20.1 Å². The number of hydrogen-bond acceptors (Lipinski definition) is 6. The Balaban J connectivity index is 1.54. The second-order valence-electron chi connectivity index (χ2n) is 8.03. The van der Waals surface area contributed by atoms with Gasteiger partial charge in [-0.25, -0.2) is 0 Å². The van der Waals surface area contributed by atoms with E-state index in [1.54, 1.807) is 13.4 Å². The predicted octanol–water partition coefficient (Wildman–Crippen LogP) is 5.67. The minimum Gasteiger partial charge on any atom is -0.493 e. The fourth-order valence-corrected chi connectivity index (χ4v) is 4.61. The molecule has 0 saturated carbocycles. The first-order valence-corrected chi connectivity index (χ1v) is 10.9. The van der Waals surface area contributed by atoms with E-state index in [1.165, 1.54) is 0 Å². The maximum Gasteiger partial charge on any atom is 0.163 e. The number of fused-ring (bicyclic) bond motifs is 1. The monoisotopic (exact) mass is 430 g/mol. The standard InChI is InChI=1S/C26H26N2O4/c1-3-31-22-11-10-16(15-24(22)30-2)17-13-20-25(21(29)14-17)26(23-9-6-12-32-23)28-19-8-5-4-7-18(19)27-20/h4-12,15,17,26-28H,3,13-14H2,1-2H3. The molecule has 3 aromatic rings. The zero-order chi connectivity index (χ0) is 22.1. The van der Waals surface area contributed by atoms with Crippen LogP contribution in [0.2, 0.25) is 0 Å². The number of anilines is 2. The largest absolute Gasteiger partial charge is 0.493 e. The number of Topliss-reactive ketones (excluding diaryl/α,β-unsaturated/α-hetero) is 1. The molecular weight excluding hydrogens is 404 g/mol. The summed E-state index contributed by atoms with van der Waals surface area (Å²) in [5.41, 5.74) is 4.62. The van der Waals surface area contributed by atoms with Gasteiger partial charge in [-0.05, 0) is 61.2 Å². The average molecular weight is 431 g/mol. The van der Waals surface area contributed by atoms with Gasteiger partial charge in [-0.2, -0.15) is 0 Å². The van der Waals surface area contributed by atoms with Crippen molar-refractivity contribution in [2.45, 2.75) is 31.7 Å². The Morgan fingerprint density at radius 2 is 1.88 bits per heavy atom. The van der Waals surface area contributed by atoms with Crippen LogP contribution in [0, 0.1) is 0 Å². The van der Waals surface area contributed by atoms with Crippen LogP contribution in [0.1, 0.15) is 43.0 Å². The lowest BCUT2D eigenvalue weighted by Crippen LogP contribution is -2.26. The van der Waals surface area contributed by atoms with Crippen molar-refractivity contribution in [3.8, 4) is 11.5 Å². The molecule has 164 valence electrons. The van der Waals surface area contributed by atoms with E-state index >= 15 is 0 Å². The molecule has 6 heteroatoms. The molecular formula is C26H26N2O4.